The van der Waals surface area contributed by atoms with Crippen LogP contribution in [0.25, 0.3) is 0 Å². The van der Waals surface area contributed by atoms with Gasteiger partial charge in [-0.25, -0.2) is 4.39 Å². The van der Waals surface area contributed by atoms with E-state index in [0.717, 1.165) is 5.56 Å². The van der Waals surface area contributed by atoms with Crippen molar-refractivity contribution in [3.05, 3.63) is 47.8 Å². The summed E-state index contributed by atoms with van der Waals surface area (Å²) in [6.45, 7) is 1.95. The van der Waals surface area contributed by atoms with Gasteiger partial charge in [-0.3, -0.25) is 9.59 Å². The molecule has 0 aliphatic carbocycles. The summed E-state index contributed by atoms with van der Waals surface area (Å²) in [4.78, 5) is 26.5. The Labute approximate surface area is 156 Å². The molecule has 0 bridgehead atoms. The Morgan fingerprint density at radius 1 is 1.19 bits per heavy atom. The average molecular weight is 372 g/mol. The fraction of sp³-hybridized carbons (Fsp3) is 0.300. The molecule has 1 unspecified atom stereocenters. The lowest BCUT2D eigenvalue weighted by molar-refractivity contribution is -0.122. The van der Waals surface area contributed by atoms with Gasteiger partial charge in [-0.05, 0) is 36.8 Å². The zero-order valence-electron chi connectivity index (χ0n) is 15.4. The van der Waals surface area contributed by atoms with E-state index >= 15 is 0 Å². The number of methoxy groups -OCH3 is 2. The number of rotatable bonds is 5. The first-order valence-corrected chi connectivity index (χ1v) is 8.52. The smallest absolute Gasteiger partial charge is 0.229 e. The van der Waals surface area contributed by atoms with E-state index < -0.39 is 17.6 Å². The number of anilines is 2. The minimum atomic E-state index is -0.589. The van der Waals surface area contributed by atoms with Gasteiger partial charge in [-0.15, -0.1) is 0 Å². The molecule has 0 radical (unpaired) electrons. The van der Waals surface area contributed by atoms with Crippen LogP contribution in [0.2, 0.25) is 0 Å². The number of carbonyl (C=O) groups excluding carboxylic acids is 2. The van der Waals surface area contributed by atoms with Gasteiger partial charge in [-0.2, -0.15) is 0 Å². The quantitative estimate of drug-likeness (QED) is 0.876. The zero-order valence-corrected chi connectivity index (χ0v) is 15.4. The van der Waals surface area contributed by atoms with Crippen LogP contribution in [-0.4, -0.2) is 32.6 Å². The molecule has 2 amide bonds. The monoisotopic (exact) mass is 372 g/mol. The number of halogens is 1. The van der Waals surface area contributed by atoms with Crippen LogP contribution in [0.4, 0.5) is 15.8 Å². The average Bonchev–Trinajstić information content (AvgIpc) is 3.05. The standard InChI is InChI=1S/C20H21FN2O4/c1-12-4-6-16(15(21)8-12)22-20(25)13-9-19(24)23(11-13)17-10-14(26-2)5-7-18(17)27-3/h4-8,10,13H,9,11H2,1-3H3,(H,22,25). The van der Waals surface area contributed by atoms with E-state index in [1.807, 2.05) is 0 Å². The Balaban J connectivity index is 1.78. The molecular weight excluding hydrogens is 351 g/mol. The molecule has 1 fully saturated rings. The van der Waals surface area contributed by atoms with Crippen LogP contribution in [0, 0.1) is 18.7 Å². The maximum Gasteiger partial charge on any atom is 0.229 e. The highest BCUT2D eigenvalue weighted by Gasteiger charge is 2.36. The van der Waals surface area contributed by atoms with E-state index in [9.17, 15) is 14.0 Å². The predicted octanol–water partition coefficient (Wildman–Crippen LogP) is 3.14. The Bertz CT molecular complexity index is 884. The minimum Gasteiger partial charge on any atom is -0.497 e. The third kappa shape index (κ3) is 3.86. The second-order valence-corrected chi connectivity index (χ2v) is 6.42. The summed E-state index contributed by atoms with van der Waals surface area (Å²) in [5.41, 5.74) is 1.41. The number of amides is 2. The first-order chi connectivity index (χ1) is 12.9. The van der Waals surface area contributed by atoms with Gasteiger partial charge in [-0.1, -0.05) is 6.07 Å². The fourth-order valence-corrected chi connectivity index (χ4v) is 3.08. The number of nitrogens with one attached hydrogen (secondary N) is 1. The molecule has 1 aliphatic rings. The largest absolute Gasteiger partial charge is 0.497 e. The van der Waals surface area contributed by atoms with E-state index in [-0.39, 0.29) is 24.6 Å². The van der Waals surface area contributed by atoms with Gasteiger partial charge in [0.25, 0.3) is 0 Å². The number of hydrogen-bond acceptors (Lipinski definition) is 4. The van der Waals surface area contributed by atoms with Crippen molar-refractivity contribution in [3.63, 3.8) is 0 Å². The molecule has 1 saturated heterocycles. The Kier molecular flexibility index (Phi) is 5.30. The van der Waals surface area contributed by atoms with Crippen LogP contribution >= 0.6 is 0 Å². The molecule has 0 aromatic heterocycles. The van der Waals surface area contributed by atoms with E-state index in [4.69, 9.17) is 9.47 Å². The molecule has 2 aromatic rings. The van der Waals surface area contributed by atoms with Crippen molar-refractivity contribution in [2.45, 2.75) is 13.3 Å². The molecule has 3 rings (SSSR count). The summed E-state index contributed by atoms with van der Waals surface area (Å²) < 4.78 is 24.5. The van der Waals surface area contributed by atoms with E-state index in [1.165, 1.54) is 31.3 Å². The number of nitrogens with zero attached hydrogens (tertiary/aromatic N) is 1. The lowest BCUT2D eigenvalue weighted by Crippen LogP contribution is -2.28. The van der Waals surface area contributed by atoms with Crippen molar-refractivity contribution in [2.24, 2.45) is 5.92 Å². The highest BCUT2D eigenvalue weighted by molar-refractivity contribution is 6.04. The number of hydrogen-bond donors (Lipinski definition) is 1. The van der Waals surface area contributed by atoms with Gasteiger partial charge in [0.1, 0.15) is 17.3 Å². The van der Waals surface area contributed by atoms with E-state index in [0.29, 0.717) is 17.2 Å². The number of benzene rings is 2. The normalized spacial score (nSPS) is 16.4. The summed E-state index contributed by atoms with van der Waals surface area (Å²) in [6.07, 6.45) is 0.0413. The molecule has 0 saturated carbocycles. The topological polar surface area (TPSA) is 67.9 Å². The third-order valence-electron chi connectivity index (χ3n) is 4.56. The molecule has 1 heterocycles. The van der Waals surface area contributed by atoms with Crippen molar-refractivity contribution in [1.29, 1.82) is 0 Å². The van der Waals surface area contributed by atoms with Gasteiger partial charge >= 0.3 is 0 Å². The van der Waals surface area contributed by atoms with Gasteiger partial charge < -0.3 is 19.7 Å². The second kappa shape index (κ2) is 7.65. The number of ether oxygens (including phenoxy) is 2. The lowest BCUT2D eigenvalue weighted by Gasteiger charge is -2.20. The van der Waals surface area contributed by atoms with Crippen molar-refractivity contribution in [3.8, 4) is 11.5 Å². The van der Waals surface area contributed by atoms with Crippen LogP contribution in [-0.2, 0) is 9.59 Å². The minimum absolute atomic E-state index is 0.0413. The molecule has 2 aromatic carbocycles. The van der Waals surface area contributed by atoms with Crippen LogP contribution in [0.3, 0.4) is 0 Å². The number of carbonyl (C=O) groups is 2. The lowest BCUT2D eigenvalue weighted by atomic mass is 10.1. The Hall–Kier alpha value is -3.09. The molecule has 0 spiro atoms. The molecule has 7 heteroatoms. The Morgan fingerprint density at radius 2 is 1.96 bits per heavy atom. The zero-order chi connectivity index (χ0) is 19.6. The molecular formula is C20H21FN2O4. The summed E-state index contributed by atoms with van der Waals surface area (Å²) in [5, 5.41) is 2.57. The van der Waals surface area contributed by atoms with E-state index in [1.54, 1.807) is 31.2 Å². The van der Waals surface area contributed by atoms with Gasteiger partial charge in [0, 0.05) is 19.0 Å². The predicted molar refractivity (Wildman–Crippen MR) is 99.8 cm³/mol. The summed E-state index contributed by atoms with van der Waals surface area (Å²) in [6, 6.07) is 9.71. The first kappa shape index (κ1) is 18.7. The van der Waals surface area contributed by atoms with Gasteiger partial charge in [0.05, 0.1) is 31.5 Å². The van der Waals surface area contributed by atoms with Gasteiger partial charge in [0.2, 0.25) is 11.8 Å². The fourth-order valence-electron chi connectivity index (χ4n) is 3.08. The third-order valence-corrected chi connectivity index (χ3v) is 4.56. The second-order valence-electron chi connectivity index (χ2n) is 6.42. The van der Waals surface area contributed by atoms with Crippen molar-refractivity contribution < 1.29 is 23.5 Å². The van der Waals surface area contributed by atoms with Crippen molar-refractivity contribution in [2.75, 3.05) is 31.0 Å². The highest BCUT2D eigenvalue weighted by atomic mass is 19.1. The molecule has 27 heavy (non-hydrogen) atoms. The van der Waals surface area contributed by atoms with Crippen LogP contribution in [0.5, 0.6) is 11.5 Å². The summed E-state index contributed by atoms with van der Waals surface area (Å²) in [5.74, 6) is -0.599. The maximum absolute atomic E-state index is 14.0. The maximum atomic E-state index is 14.0. The number of aryl methyl sites for hydroxylation is 1. The van der Waals surface area contributed by atoms with Gasteiger partial charge in [0.15, 0.2) is 0 Å². The first-order valence-electron chi connectivity index (χ1n) is 8.52. The highest BCUT2D eigenvalue weighted by Crippen LogP contribution is 2.36. The molecule has 6 nitrogen and oxygen atoms in total. The van der Waals surface area contributed by atoms with Crippen LogP contribution in [0.15, 0.2) is 36.4 Å². The van der Waals surface area contributed by atoms with Crippen molar-refractivity contribution >= 4 is 23.2 Å². The van der Waals surface area contributed by atoms with Crippen LogP contribution < -0.4 is 19.7 Å². The summed E-state index contributed by atoms with van der Waals surface area (Å²) in [7, 11) is 3.04. The molecule has 1 aliphatic heterocycles. The molecule has 142 valence electrons. The van der Waals surface area contributed by atoms with Crippen molar-refractivity contribution in [1.82, 2.24) is 0 Å². The van der Waals surface area contributed by atoms with Crippen LogP contribution in [0.1, 0.15) is 12.0 Å². The summed E-state index contributed by atoms with van der Waals surface area (Å²) >= 11 is 0. The SMILES string of the molecule is COc1ccc(OC)c(N2CC(C(=O)Nc3ccc(C)cc3F)CC2=O)c1. The molecule has 1 N–H and O–H groups in total. The van der Waals surface area contributed by atoms with E-state index in [2.05, 4.69) is 5.32 Å². The molecule has 1 atom stereocenters. The Morgan fingerprint density at radius 3 is 2.63 bits per heavy atom.